The lowest BCUT2D eigenvalue weighted by Crippen LogP contribution is -2.37. The van der Waals surface area contributed by atoms with Crippen LogP contribution in [0.4, 0.5) is 4.39 Å². The molecule has 1 unspecified atom stereocenters. The van der Waals surface area contributed by atoms with Crippen molar-refractivity contribution >= 4 is 21.8 Å². The van der Waals surface area contributed by atoms with Crippen LogP contribution in [-0.4, -0.2) is 30.6 Å². The number of benzene rings is 2. The standard InChI is InChI=1S/C19H20FNO3S2/c1-14-18(25-2)19(22,16-8-10-17(20)11-9-16)13-21(14)26(23,24)12-15-6-4-3-5-7-15/h3-11,22H,12-13H2,1-2H3. The molecule has 0 saturated heterocycles. The molecule has 0 bridgehead atoms. The summed E-state index contributed by atoms with van der Waals surface area (Å²) in [6.45, 7) is 1.58. The van der Waals surface area contributed by atoms with Crippen molar-refractivity contribution in [3.8, 4) is 0 Å². The second-order valence-electron chi connectivity index (χ2n) is 6.23. The van der Waals surface area contributed by atoms with Crippen molar-refractivity contribution in [3.05, 3.63) is 82.1 Å². The van der Waals surface area contributed by atoms with Crippen LogP contribution in [-0.2, 0) is 21.4 Å². The van der Waals surface area contributed by atoms with E-state index in [0.717, 1.165) is 0 Å². The van der Waals surface area contributed by atoms with Crippen LogP contribution in [0, 0.1) is 5.82 Å². The van der Waals surface area contributed by atoms with Gasteiger partial charge in [-0.25, -0.2) is 12.8 Å². The number of sulfonamides is 1. The van der Waals surface area contributed by atoms with E-state index in [-0.39, 0.29) is 12.3 Å². The summed E-state index contributed by atoms with van der Waals surface area (Å²) in [6, 6.07) is 14.4. The molecule has 0 radical (unpaired) electrons. The predicted octanol–water partition coefficient (Wildman–Crippen LogP) is 3.45. The monoisotopic (exact) mass is 393 g/mol. The zero-order valence-corrected chi connectivity index (χ0v) is 16.1. The molecule has 1 N–H and O–H groups in total. The van der Waals surface area contributed by atoms with Crippen LogP contribution in [0.5, 0.6) is 0 Å². The largest absolute Gasteiger partial charge is 0.378 e. The minimum Gasteiger partial charge on any atom is -0.378 e. The van der Waals surface area contributed by atoms with E-state index in [1.165, 1.54) is 40.3 Å². The molecular weight excluding hydrogens is 373 g/mol. The summed E-state index contributed by atoms with van der Waals surface area (Å²) in [5.41, 5.74) is 0.171. The van der Waals surface area contributed by atoms with Crippen molar-refractivity contribution in [1.29, 1.82) is 0 Å². The highest BCUT2D eigenvalue weighted by Crippen LogP contribution is 2.46. The Labute approximate surface area is 157 Å². The lowest BCUT2D eigenvalue weighted by molar-refractivity contribution is 0.0860. The molecule has 2 aromatic carbocycles. The maximum absolute atomic E-state index is 13.3. The van der Waals surface area contributed by atoms with E-state index in [0.29, 0.717) is 21.7 Å². The smallest absolute Gasteiger partial charge is 0.239 e. The molecule has 4 nitrogen and oxygen atoms in total. The summed E-state index contributed by atoms with van der Waals surface area (Å²) in [6.07, 6.45) is 1.79. The third-order valence-corrected chi connectivity index (χ3v) is 7.32. The summed E-state index contributed by atoms with van der Waals surface area (Å²) in [5, 5.41) is 11.3. The van der Waals surface area contributed by atoms with Gasteiger partial charge in [0.1, 0.15) is 11.4 Å². The van der Waals surface area contributed by atoms with E-state index < -0.39 is 21.4 Å². The molecule has 0 fully saturated rings. The van der Waals surface area contributed by atoms with E-state index in [1.54, 1.807) is 37.4 Å². The van der Waals surface area contributed by atoms with Gasteiger partial charge in [0.25, 0.3) is 0 Å². The molecule has 1 atom stereocenters. The number of thioether (sulfide) groups is 1. The minimum atomic E-state index is -3.66. The fraction of sp³-hybridized carbons (Fsp3) is 0.263. The summed E-state index contributed by atoms with van der Waals surface area (Å²) >= 11 is 1.30. The van der Waals surface area contributed by atoms with Crippen LogP contribution in [0.2, 0.25) is 0 Å². The first kappa shape index (κ1) is 18.9. The third kappa shape index (κ3) is 3.39. The minimum absolute atomic E-state index is 0.115. The van der Waals surface area contributed by atoms with Crippen molar-refractivity contribution in [2.45, 2.75) is 18.3 Å². The first-order valence-electron chi connectivity index (χ1n) is 8.06. The molecular formula is C19H20FNO3S2. The molecule has 0 aliphatic carbocycles. The van der Waals surface area contributed by atoms with Crippen molar-refractivity contribution in [2.75, 3.05) is 12.8 Å². The van der Waals surface area contributed by atoms with E-state index in [2.05, 4.69) is 0 Å². The molecule has 0 saturated carbocycles. The van der Waals surface area contributed by atoms with Gasteiger partial charge in [0.2, 0.25) is 10.0 Å². The Morgan fingerprint density at radius 3 is 2.35 bits per heavy atom. The quantitative estimate of drug-likeness (QED) is 0.845. The number of β-amino-alcohol motifs (C(OH)–C–C–N with tert-alkyl or cyclic N) is 1. The maximum atomic E-state index is 13.3. The zero-order valence-electron chi connectivity index (χ0n) is 14.5. The molecule has 2 aromatic rings. The summed E-state index contributed by atoms with van der Waals surface area (Å²) < 4.78 is 40.4. The molecule has 0 aromatic heterocycles. The molecule has 7 heteroatoms. The van der Waals surface area contributed by atoms with Gasteiger partial charge in [-0.05, 0) is 36.4 Å². The number of halogens is 1. The van der Waals surface area contributed by atoms with Crippen LogP contribution < -0.4 is 0 Å². The number of allylic oxidation sites excluding steroid dienone is 1. The lowest BCUT2D eigenvalue weighted by Gasteiger charge is -2.27. The van der Waals surface area contributed by atoms with Gasteiger partial charge < -0.3 is 5.11 Å². The van der Waals surface area contributed by atoms with Crippen LogP contribution in [0.1, 0.15) is 18.1 Å². The highest BCUT2D eigenvalue weighted by Gasteiger charge is 2.46. The fourth-order valence-corrected chi connectivity index (χ4v) is 5.89. The summed E-state index contributed by atoms with van der Waals surface area (Å²) in [5.74, 6) is -0.554. The second kappa shape index (κ2) is 7.06. The normalized spacial score (nSPS) is 20.7. The highest BCUT2D eigenvalue weighted by molar-refractivity contribution is 8.02. The van der Waals surface area contributed by atoms with E-state index in [9.17, 15) is 17.9 Å². The van der Waals surface area contributed by atoms with Crippen molar-refractivity contribution in [3.63, 3.8) is 0 Å². The Hall–Kier alpha value is -1.83. The van der Waals surface area contributed by atoms with Gasteiger partial charge in [-0.15, -0.1) is 11.8 Å². The Bertz CT molecular complexity index is 927. The van der Waals surface area contributed by atoms with Gasteiger partial charge in [0, 0.05) is 10.6 Å². The van der Waals surface area contributed by atoms with Gasteiger partial charge in [-0.2, -0.15) is 0 Å². The molecule has 1 aliphatic heterocycles. The third-order valence-electron chi connectivity index (χ3n) is 4.50. The zero-order chi connectivity index (χ0) is 18.9. The maximum Gasteiger partial charge on any atom is 0.239 e. The molecule has 1 heterocycles. The SMILES string of the molecule is CSC1=C(C)N(S(=O)(=O)Cc2ccccc2)CC1(O)c1ccc(F)cc1. The lowest BCUT2D eigenvalue weighted by atomic mass is 9.94. The second-order valence-corrected chi connectivity index (χ2v) is 8.94. The van der Waals surface area contributed by atoms with E-state index >= 15 is 0 Å². The molecule has 26 heavy (non-hydrogen) atoms. The van der Waals surface area contributed by atoms with Gasteiger partial charge in [-0.3, -0.25) is 4.31 Å². The molecule has 0 amide bonds. The predicted molar refractivity (Wildman–Crippen MR) is 102 cm³/mol. The number of nitrogens with zero attached hydrogens (tertiary/aromatic N) is 1. The Morgan fingerprint density at radius 1 is 1.15 bits per heavy atom. The summed E-state index contributed by atoms with van der Waals surface area (Å²) in [7, 11) is -3.66. The Kier molecular flexibility index (Phi) is 5.14. The molecule has 1 aliphatic rings. The number of aliphatic hydroxyl groups is 1. The van der Waals surface area contributed by atoms with Gasteiger partial charge in [-0.1, -0.05) is 42.5 Å². The highest BCUT2D eigenvalue weighted by atomic mass is 32.2. The van der Waals surface area contributed by atoms with Crippen molar-refractivity contribution in [2.24, 2.45) is 0 Å². The Morgan fingerprint density at radius 2 is 1.77 bits per heavy atom. The van der Waals surface area contributed by atoms with Crippen LogP contribution in [0.3, 0.4) is 0 Å². The first-order valence-corrected chi connectivity index (χ1v) is 10.9. The topological polar surface area (TPSA) is 57.6 Å². The molecule has 0 spiro atoms. The van der Waals surface area contributed by atoms with E-state index in [1.807, 2.05) is 6.07 Å². The van der Waals surface area contributed by atoms with Gasteiger partial charge in [0.05, 0.1) is 12.3 Å². The van der Waals surface area contributed by atoms with Crippen molar-refractivity contribution < 1.29 is 17.9 Å². The van der Waals surface area contributed by atoms with E-state index in [4.69, 9.17) is 0 Å². The molecule has 138 valence electrons. The van der Waals surface area contributed by atoms with Crippen LogP contribution in [0.25, 0.3) is 0 Å². The van der Waals surface area contributed by atoms with Gasteiger partial charge in [0.15, 0.2) is 0 Å². The van der Waals surface area contributed by atoms with Crippen molar-refractivity contribution in [1.82, 2.24) is 4.31 Å². The van der Waals surface area contributed by atoms with Crippen LogP contribution >= 0.6 is 11.8 Å². The number of hydrogen-bond donors (Lipinski definition) is 1. The average Bonchev–Trinajstić information content (AvgIpc) is 2.88. The number of hydrogen-bond acceptors (Lipinski definition) is 4. The molecule has 3 rings (SSSR count). The first-order chi connectivity index (χ1) is 12.3. The average molecular weight is 394 g/mol. The number of rotatable bonds is 5. The summed E-state index contributed by atoms with van der Waals surface area (Å²) in [4.78, 5) is 0.556. The van der Waals surface area contributed by atoms with Crippen LogP contribution in [0.15, 0.2) is 65.2 Å². The van der Waals surface area contributed by atoms with Gasteiger partial charge >= 0.3 is 0 Å². The Balaban J connectivity index is 1.98. The fourth-order valence-electron chi connectivity index (χ4n) is 3.25.